The van der Waals surface area contributed by atoms with Crippen LogP contribution in [0, 0.1) is 6.92 Å². The molecule has 174 valence electrons. The van der Waals surface area contributed by atoms with Crippen molar-refractivity contribution in [3.05, 3.63) is 83.2 Å². The van der Waals surface area contributed by atoms with Gasteiger partial charge in [-0.1, -0.05) is 12.1 Å². The summed E-state index contributed by atoms with van der Waals surface area (Å²) in [6.07, 6.45) is 1.57. The number of aliphatic hydroxyl groups is 1. The number of hydrogen-bond donors (Lipinski definition) is 2. The number of pyridine rings is 1. The first-order valence-electron chi connectivity index (χ1n) is 10.8. The molecular formula is C26H25N3O5. The van der Waals surface area contributed by atoms with E-state index in [9.17, 15) is 9.90 Å². The highest BCUT2D eigenvalue weighted by molar-refractivity contribution is 6.06. The summed E-state index contributed by atoms with van der Waals surface area (Å²) in [7, 11) is 1.53. The van der Waals surface area contributed by atoms with Crippen molar-refractivity contribution in [1.82, 2.24) is 4.98 Å². The molecule has 4 aromatic rings. The molecule has 0 saturated heterocycles. The van der Waals surface area contributed by atoms with Crippen molar-refractivity contribution in [2.45, 2.75) is 20.5 Å². The minimum atomic E-state index is -0.432. The highest BCUT2D eigenvalue weighted by Crippen LogP contribution is 2.25. The average molecular weight is 460 g/mol. The van der Waals surface area contributed by atoms with Crippen molar-refractivity contribution >= 4 is 28.3 Å². The predicted molar refractivity (Wildman–Crippen MR) is 128 cm³/mol. The quantitative estimate of drug-likeness (QED) is 0.421. The topological polar surface area (TPSA) is 106 Å². The molecule has 2 aromatic heterocycles. The average Bonchev–Trinajstić information content (AvgIpc) is 2.86. The van der Waals surface area contributed by atoms with Crippen molar-refractivity contribution in [3.8, 4) is 11.5 Å². The van der Waals surface area contributed by atoms with E-state index in [0.717, 1.165) is 5.75 Å². The third kappa shape index (κ3) is 4.77. The van der Waals surface area contributed by atoms with Crippen LogP contribution in [-0.4, -0.2) is 29.7 Å². The van der Waals surface area contributed by atoms with E-state index in [0.29, 0.717) is 46.0 Å². The van der Waals surface area contributed by atoms with Gasteiger partial charge in [-0.05, 0) is 56.3 Å². The monoisotopic (exact) mass is 459 g/mol. The Bertz CT molecular complexity index is 1390. The van der Waals surface area contributed by atoms with Gasteiger partial charge in [0.05, 0.1) is 37.4 Å². The van der Waals surface area contributed by atoms with Crippen LogP contribution in [0.5, 0.6) is 11.5 Å². The minimum absolute atomic E-state index is 0.115. The van der Waals surface area contributed by atoms with Gasteiger partial charge in [0.25, 0.3) is 5.91 Å². The number of nitrogens with zero attached hydrogens (tertiary/aromatic N) is 2. The van der Waals surface area contributed by atoms with E-state index in [1.54, 1.807) is 61.7 Å². The van der Waals surface area contributed by atoms with Crippen LogP contribution in [-0.2, 0) is 6.61 Å². The lowest BCUT2D eigenvalue weighted by Crippen LogP contribution is -2.22. The van der Waals surface area contributed by atoms with E-state index in [1.165, 1.54) is 7.11 Å². The summed E-state index contributed by atoms with van der Waals surface area (Å²) >= 11 is 0. The number of hydrogen-bond acceptors (Lipinski definition) is 7. The highest BCUT2D eigenvalue weighted by Gasteiger charge is 2.17. The van der Waals surface area contributed by atoms with Gasteiger partial charge in [0.2, 0.25) is 5.55 Å². The zero-order chi connectivity index (χ0) is 24.1. The molecule has 8 heteroatoms. The maximum Gasteiger partial charge on any atom is 0.261 e. The zero-order valence-electron chi connectivity index (χ0n) is 19.2. The molecule has 34 heavy (non-hydrogen) atoms. The molecule has 0 aliphatic carbocycles. The van der Waals surface area contributed by atoms with Gasteiger partial charge in [0, 0.05) is 17.1 Å². The number of para-hydroxylation sites is 2. The molecule has 0 saturated carbocycles. The largest absolute Gasteiger partial charge is 0.495 e. The van der Waals surface area contributed by atoms with Crippen molar-refractivity contribution in [2.24, 2.45) is 4.99 Å². The van der Waals surface area contributed by atoms with Crippen molar-refractivity contribution in [2.75, 3.05) is 19.0 Å². The molecule has 0 aliphatic heterocycles. The number of carbonyl (C=O) groups excluding carboxylic acids is 1. The summed E-state index contributed by atoms with van der Waals surface area (Å²) in [5, 5.41) is 13.3. The van der Waals surface area contributed by atoms with E-state index in [1.807, 2.05) is 13.0 Å². The molecule has 0 aliphatic rings. The minimum Gasteiger partial charge on any atom is -0.495 e. The summed E-state index contributed by atoms with van der Waals surface area (Å²) < 4.78 is 16.9. The number of amides is 1. The van der Waals surface area contributed by atoms with Crippen LogP contribution in [0.1, 0.15) is 28.5 Å². The number of methoxy groups -OCH3 is 1. The number of ether oxygens (including phenoxy) is 2. The third-order valence-corrected chi connectivity index (χ3v) is 5.20. The second-order valence-corrected chi connectivity index (χ2v) is 7.43. The normalized spacial score (nSPS) is 11.5. The first kappa shape index (κ1) is 23.0. The van der Waals surface area contributed by atoms with Crippen LogP contribution in [0.25, 0.3) is 11.0 Å². The van der Waals surface area contributed by atoms with Gasteiger partial charge < -0.3 is 24.3 Å². The SMILES string of the molecule is CCOc1ccc(N=c2oc3c(C)ncc(CO)c3cc2C(=O)Nc2ccccc2OC)cc1. The van der Waals surface area contributed by atoms with E-state index in [4.69, 9.17) is 13.9 Å². The van der Waals surface area contributed by atoms with Gasteiger partial charge in [-0.2, -0.15) is 0 Å². The highest BCUT2D eigenvalue weighted by atomic mass is 16.5. The maximum atomic E-state index is 13.4. The van der Waals surface area contributed by atoms with Crippen LogP contribution in [0.15, 0.2) is 70.2 Å². The molecule has 1 amide bonds. The smallest absolute Gasteiger partial charge is 0.261 e. The summed E-state index contributed by atoms with van der Waals surface area (Å²) in [4.78, 5) is 22.3. The summed E-state index contributed by atoms with van der Waals surface area (Å²) in [6.45, 7) is 4.02. The van der Waals surface area contributed by atoms with Crippen molar-refractivity contribution < 1.29 is 23.8 Å². The van der Waals surface area contributed by atoms with Gasteiger partial charge in [0.15, 0.2) is 5.58 Å². The first-order valence-corrected chi connectivity index (χ1v) is 10.8. The van der Waals surface area contributed by atoms with Crippen molar-refractivity contribution in [1.29, 1.82) is 0 Å². The van der Waals surface area contributed by atoms with E-state index < -0.39 is 5.91 Å². The Hall–Kier alpha value is -4.17. The van der Waals surface area contributed by atoms with Crippen LogP contribution in [0.2, 0.25) is 0 Å². The molecule has 0 unspecified atom stereocenters. The van der Waals surface area contributed by atoms with Gasteiger partial charge >= 0.3 is 0 Å². The molecule has 2 heterocycles. The molecule has 0 atom stereocenters. The molecule has 0 bridgehead atoms. The lowest BCUT2D eigenvalue weighted by atomic mass is 10.1. The second-order valence-electron chi connectivity index (χ2n) is 7.43. The number of anilines is 1. The van der Waals surface area contributed by atoms with E-state index in [2.05, 4.69) is 15.3 Å². The van der Waals surface area contributed by atoms with Gasteiger partial charge in [-0.25, -0.2) is 4.99 Å². The van der Waals surface area contributed by atoms with Gasteiger partial charge in [0.1, 0.15) is 17.1 Å². The zero-order valence-corrected chi connectivity index (χ0v) is 19.2. The lowest BCUT2D eigenvalue weighted by molar-refractivity contribution is 0.102. The number of rotatable bonds is 7. The van der Waals surface area contributed by atoms with Crippen LogP contribution < -0.4 is 20.3 Å². The number of benzene rings is 2. The fourth-order valence-corrected chi connectivity index (χ4v) is 3.50. The molecule has 0 radical (unpaired) electrons. The summed E-state index contributed by atoms with van der Waals surface area (Å²) in [5.74, 6) is 0.812. The number of aromatic nitrogens is 1. The predicted octanol–water partition coefficient (Wildman–Crippen LogP) is 4.52. The van der Waals surface area contributed by atoms with Gasteiger partial charge in [-0.15, -0.1) is 0 Å². The Morgan fingerprint density at radius 3 is 2.65 bits per heavy atom. The van der Waals surface area contributed by atoms with Crippen LogP contribution >= 0.6 is 0 Å². The number of aryl methyl sites for hydroxylation is 1. The first-order chi connectivity index (χ1) is 16.5. The molecule has 8 nitrogen and oxygen atoms in total. The lowest BCUT2D eigenvalue weighted by Gasteiger charge is -2.12. The number of nitrogens with one attached hydrogen (secondary N) is 1. The fraction of sp³-hybridized carbons (Fsp3) is 0.192. The molecular weight excluding hydrogens is 434 g/mol. The number of fused-ring (bicyclic) bond motifs is 1. The summed E-state index contributed by atoms with van der Waals surface area (Å²) in [5.41, 5.74) is 3.02. The Balaban J connectivity index is 1.88. The molecule has 0 spiro atoms. The molecule has 2 aromatic carbocycles. The fourth-order valence-electron chi connectivity index (χ4n) is 3.50. The third-order valence-electron chi connectivity index (χ3n) is 5.20. The Morgan fingerprint density at radius 1 is 1.18 bits per heavy atom. The van der Waals surface area contributed by atoms with Crippen LogP contribution in [0.4, 0.5) is 11.4 Å². The summed E-state index contributed by atoms with van der Waals surface area (Å²) in [6, 6.07) is 15.9. The Kier molecular flexibility index (Phi) is 6.89. The van der Waals surface area contributed by atoms with Gasteiger partial charge in [-0.3, -0.25) is 9.78 Å². The van der Waals surface area contributed by atoms with E-state index >= 15 is 0 Å². The number of carbonyl (C=O) groups is 1. The maximum absolute atomic E-state index is 13.4. The van der Waals surface area contributed by atoms with E-state index in [-0.39, 0.29) is 17.7 Å². The Labute approximate surface area is 196 Å². The molecule has 4 rings (SSSR count). The number of aliphatic hydroxyl groups excluding tert-OH is 1. The van der Waals surface area contributed by atoms with Crippen molar-refractivity contribution in [3.63, 3.8) is 0 Å². The molecule has 2 N–H and O–H groups in total. The second kappa shape index (κ2) is 10.2. The molecule has 0 fully saturated rings. The Morgan fingerprint density at radius 2 is 1.94 bits per heavy atom. The standard InChI is InChI=1S/C26H25N3O5/c1-4-33-19-11-9-18(10-12-19)28-26-21(25(31)29-22-7-5-6-8-23(22)32-3)13-20-17(15-30)14-27-16(2)24(20)34-26/h5-14,30H,4,15H2,1-3H3,(H,29,31). The van der Waals surface area contributed by atoms with Crippen LogP contribution in [0.3, 0.4) is 0 Å².